The molecule has 3 aliphatic carbocycles. The second-order valence-corrected chi connectivity index (χ2v) is 10.1. The number of Topliss-reactive ketones (excluding diaryl/α,β-unsaturated/α-hetero) is 1. The number of aromatic hydroxyl groups is 1. The van der Waals surface area contributed by atoms with E-state index in [-0.39, 0.29) is 54.5 Å². The summed E-state index contributed by atoms with van der Waals surface area (Å²) in [5.74, 6) is -8.98. The number of carbonyl (C=O) groups is 1. The Balaban J connectivity index is 1.45. The van der Waals surface area contributed by atoms with E-state index in [1.807, 2.05) is 13.0 Å². The van der Waals surface area contributed by atoms with Crippen LogP contribution < -0.4 is 0 Å². The van der Waals surface area contributed by atoms with Gasteiger partial charge in [0.05, 0.1) is 0 Å². The highest BCUT2D eigenvalue weighted by molar-refractivity contribution is 5.87. The molecular formula is C26H25F5O2. The molecule has 7 heteroatoms. The van der Waals surface area contributed by atoms with E-state index in [0.29, 0.717) is 6.42 Å². The van der Waals surface area contributed by atoms with Crippen LogP contribution in [0.2, 0.25) is 0 Å². The van der Waals surface area contributed by atoms with Gasteiger partial charge >= 0.3 is 0 Å². The first-order chi connectivity index (χ1) is 15.6. The molecule has 5 rings (SSSR count). The molecule has 0 saturated heterocycles. The van der Waals surface area contributed by atoms with Crippen molar-refractivity contribution in [1.29, 1.82) is 0 Å². The largest absolute Gasteiger partial charge is 0.508 e. The molecule has 0 unspecified atom stereocenters. The zero-order valence-corrected chi connectivity index (χ0v) is 18.2. The molecule has 2 fully saturated rings. The summed E-state index contributed by atoms with van der Waals surface area (Å²) in [6.45, 7) is 1.97. The lowest BCUT2D eigenvalue weighted by molar-refractivity contribution is -0.129. The molecule has 2 saturated carbocycles. The minimum absolute atomic E-state index is 0.00744. The monoisotopic (exact) mass is 464 g/mol. The number of phenols is 1. The van der Waals surface area contributed by atoms with E-state index < -0.39 is 40.1 Å². The fourth-order valence-corrected chi connectivity index (χ4v) is 7.09. The Kier molecular flexibility index (Phi) is 5.29. The van der Waals surface area contributed by atoms with Crippen LogP contribution in [0.15, 0.2) is 18.2 Å². The molecule has 33 heavy (non-hydrogen) atoms. The molecule has 0 bridgehead atoms. The summed E-state index contributed by atoms with van der Waals surface area (Å²) in [7, 11) is 0. The molecule has 5 atom stereocenters. The Morgan fingerprint density at radius 3 is 2.36 bits per heavy atom. The van der Waals surface area contributed by atoms with Gasteiger partial charge in [0.25, 0.3) is 0 Å². The number of phenolic OH excluding ortho intramolecular Hbond substituents is 1. The zero-order valence-electron chi connectivity index (χ0n) is 18.2. The number of hydrogen-bond donors (Lipinski definition) is 1. The third-order valence-electron chi connectivity index (χ3n) is 8.62. The van der Waals surface area contributed by atoms with E-state index in [4.69, 9.17) is 0 Å². The number of aryl methyl sites for hydroxylation is 1. The molecule has 0 spiro atoms. The normalized spacial score (nSPS) is 30.7. The quantitative estimate of drug-likeness (QED) is 0.326. The van der Waals surface area contributed by atoms with Crippen molar-refractivity contribution in [2.24, 2.45) is 23.2 Å². The van der Waals surface area contributed by atoms with Gasteiger partial charge in [0.2, 0.25) is 5.82 Å². The molecule has 1 N–H and O–H groups in total. The smallest absolute Gasteiger partial charge is 0.200 e. The van der Waals surface area contributed by atoms with E-state index in [9.17, 15) is 31.9 Å². The van der Waals surface area contributed by atoms with E-state index >= 15 is 0 Å². The van der Waals surface area contributed by atoms with Crippen molar-refractivity contribution in [2.45, 2.75) is 57.8 Å². The molecule has 0 amide bonds. The Labute approximate surface area is 188 Å². The Hall–Kier alpha value is -2.44. The number of halogens is 5. The minimum atomic E-state index is -2.15. The Morgan fingerprint density at radius 1 is 1.00 bits per heavy atom. The summed E-state index contributed by atoms with van der Waals surface area (Å²) < 4.78 is 69.2. The summed E-state index contributed by atoms with van der Waals surface area (Å²) in [5, 5.41) is 9.85. The van der Waals surface area contributed by atoms with Crippen molar-refractivity contribution >= 4 is 5.78 Å². The second-order valence-electron chi connectivity index (χ2n) is 10.1. The highest BCUT2D eigenvalue weighted by Crippen LogP contribution is 2.62. The zero-order chi connectivity index (χ0) is 23.7. The van der Waals surface area contributed by atoms with Gasteiger partial charge in [-0.05, 0) is 85.5 Å². The van der Waals surface area contributed by atoms with Crippen LogP contribution in [0.25, 0.3) is 0 Å². The lowest BCUT2D eigenvalue weighted by Gasteiger charge is -2.50. The topological polar surface area (TPSA) is 37.3 Å². The fourth-order valence-electron chi connectivity index (χ4n) is 7.09. The number of carbonyl (C=O) groups excluding carboxylic acids is 1. The number of ketones is 1. The molecule has 176 valence electrons. The summed E-state index contributed by atoms with van der Waals surface area (Å²) in [6.07, 6.45) is 3.32. The molecule has 2 nitrogen and oxygen atoms in total. The molecule has 0 aliphatic heterocycles. The number of benzene rings is 2. The first-order valence-electron chi connectivity index (χ1n) is 11.5. The van der Waals surface area contributed by atoms with Crippen LogP contribution in [0.4, 0.5) is 22.0 Å². The lowest BCUT2D eigenvalue weighted by Crippen LogP contribution is -2.44. The molecule has 0 aromatic heterocycles. The van der Waals surface area contributed by atoms with Crippen LogP contribution >= 0.6 is 0 Å². The van der Waals surface area contributed by atoms with Gasteiger partial charge in [-0.25, -0.2) is 22.0 Å². The van der Waals surface area contributed by atoms with Crippen LogP contribution in [0.3, 0.4) is 0 Å². The maximum absolute atomic E-state index is 14.2. The highest BCUT2D eigenvalue weighted by Gasteiger charge is 2.58. The van der Waals surface area contributed by atoms with Crippen LogP contribution in [-0.2, 0) is 17.6 Å². The van der Waals surface area contributed by atoms with Crippen LogP contribution in [0.5, 0.6) is 5.75 Å². The third kappa shape index (κ3) is 3.29. The maximum Gasteiger partial charge on any atom is 0.200 e. The predicted octanol–water partition coefficient (Wildman–Crippen LogP) is 6.37. The van der Waals surface area contributed by atoms with Gasteiger partial charge in [0, 0.05) is 17.4 Å². The van der Waals surface area contributed by atoms with Crippen LogP contribution in [0, 0.1) is 52.3 Å². The maximum atomic E-state index is 14.2. The van der Waals surface area contributed by atoms with E-state index in [0.717, 1.165) is 24.8 Å². The molecule has 0 heterocycles. The van der Waals surface area contributed by atoms with Crippen molar-refractivity contribution in [3.05, 3.63) is 64.0 Å². The van der Waals surface area contributed by atoms with Crippen molar-refractivity contribution in [3.8, 4) is 5.75 Å². The molecule has 2 aromatic carbocycles. The van der Waals surface area contributed by atoms with Gasteiger partial charge in [0.1, 0.15) is 11.5 Å². The lowest BCUT2D eigenvalue weighted by atomic mass is 9.54. The van der Waals surface area contributed by atoms with Crippen molar-refractivity contribution in [1.82, 2.24) is 0 Å². The van der Waals surface area contributed by atoms with Gasteiger partial charge in [-0.3, -0.25) is 4.79 Å². The average Bonchev–Trinajstić information content (AvgIpc) is 3.06. The Morgan fingerprint density at radius 2 is 1.67 bits per heavy atom. The summed E-state index contributed by atoms with van der Waals surface area (Å²) in [5.41, 5.74) is 0.965. The summed E-state index contributed by atoms with van der Waals surface area (Å²) >= 11 is 0. The van der Waals surface area contributed by atoms with Crippen molar-refractivity contribution < 1.29 is 31.9 Å². The highest BCUT2D eigenvalue weighted by atomic mass is 19.2. The third-order valence-corrected chi connectivity index (χ3v) is 8.62. The predicted molar refractivity (Wildman–Crippen MR) is 111 cm³/mol. The number of hydrogen-bond acceptors (Lipinski definition) is 2. The summed E-state index contributed by atoms with van der Waals surface area (Å²) in [4.78, 5) is 13.1. The SMILES string of the molecule is C[C@]12CC[C@@H]3c4ccc(O)cc4CC[C@H]3[C@@H]1[C@@H](CCc1c(F)c(F)c(F)c(F)c1F)CC2=O. The van der Waals surface area contributed by atoms with Crippen LogP contribution in [-0.4, -0.2) is 10.9 Å². The van der Waals surface area contributed by atoms with Gasteiger partial charge < -0.3 is 5.11 Å². The van der Waals surface area contributed by atoms with E-state index in [1.165, 1.54) is 5.56 Å². The first-order valence-corrected chi connectivity index (χ1v) is 11.5. The average molecular weight is 464 g/mol. The minimum Gasteiger partial charge on any atom is -0.508 e. The molecule has 0 radical (unpaired) electrons. The standard InChI is InChI=1S/C26H25F5O2/c1-26-9-8-16-15-7-4-14(32)10-12(15)2-5-17(16)20(26)13(11-19(26)33)3-6-18-21(27)23(29)25(31)24(30)22(18)28/h4,7,10,13,16-17,20,32H,2-3,5-6,8-9,11H2,1H3/t13-,16+,17+,20-,26+/m0/s1. The van der Waals surface area contributed by atoms with Gasteiger partial charge in [0.15, 0.2) is 23.3 Å². The fraction of sp³-hybridized carbons (Fsp3) is 0.500. The van der Waals surface area contributed by atoms with Crippen LogP contribution in [0.1, 0.15) is 61.6 Å². The van der Waals surface area contributed by atoms with Crippen molar-refractivity contribution in [2.75, 3.05) is 0 Å². The Bertz CT molecular complexity index is 1120. The van der Waals surface area contributed by atoms with E-state index in [2.05, 4.69) is 0 Å². The summed E-state index contributed by atoms with van der Waals surface area (Å²) in [6, 6.07) is 5.42. The van der Waals surface area contributed by atoms with E-state index in [1.54, 1.807) is 12.1 Å². The van der Waals surface area contributed by atoms with Crippen molar-refractivity contribution in [3.63, 3.8) is 0 Å². The first kappa shape index (κ1) is 22.4. The molecule has 2 aromatic rings. The number of rotatable bonds is 3. The van der Waals surface area contributed by atoms with Gasteiger partial charge in [-0.2, -0.15) is 0 Å². The van der Waals surface area contributed by atoms with Gasteiger partial charge in [-0.15, -0.1) is 0 Å². The molecular weight excluding hydrogens is 439 g/mol. The van der Waals surface area contributed by atoms with Gasteiger partial charge in [-0.1, -0.05) is 13.0 Å². The molecule has 3 aliphatic rings. The number of fused-ring (bicyclic) bond motifs is 5. The second kappa shape index (κ2) is 7.81.